The molecule has 0 unspecified atom stereocenters. The molecule has 0 bridgehead atoms. The number of benzene rings is 2. The van der Waals surface area contributed by atoms with E-state index in [1.165, 1.54) is 0 Å². The summed E-state index contributed by atoms with van der Waals surface area (Å²) >= 11 is 11.4. The van der Waals surface area contributed by atoms with Gasteiger partial charge < -0.3 is 15.5 Å². The molecule has 0 saturated carbocycles. The summed E-state index contributed by atoms with van der Waals surface area (Å²) in [6, 6.07) is 17.0. The summed E-state index contributed by atoms with van der Waals surface area (Å²) in [5.41, 5.74) is 1.76. The van der Waals surface area contributed by atoms with E-state index in [0.29, 0.717) is 10.1 Å². The minimum atomic E-state index is 0.0230. The zero-order chi connectivity index (χ0) is 17.6. The van der Waals surface area contributed by atoms with E-state index in [1.54, 1.807) is 0 Å². The van der Waals surface area contributed by atoms with Crippen LogP contribution in [0.1, 0.15) is 12.8 Å². The number of carbonyl (C=O) groups is 1. The average Bonchev–Trinajstić information content (AvgIpc) is 2.64. The van der Waals surface area contributed by atoms with Crippen molar-refractivity contribution in [3.8, 4) is 0 Å². The van der Waals surface area contributed by atoms with Gasteiger partial charge in [0.2, 0.25) is 5.91 Å². The number of hydrogen-bond acceptors (Lipinski definition) is 2. The molecule has 2 aromatic rings. The summed E-state index contributed by atoms with van der Waals surface area (Å²) < 4.78 is 0. The maximum Gasteiger partial charge on any atom is 0.227 e. The molecular weight excluding hydrogens is 354 g/mol. The molecule has 25 heavy (non-hydrogen) atoms. The van der Waals surface area contributed by atoms with Crippen LogP contribution in [0.25, 0.3) is 0 Å². The number of thiocarbonyl (C=S) groups is 1. The largest absolute Gasteiger partial charge is 0.349 e. The van der Waals surface area contributed by atoms with Gasteiger partial charge in [-0.1, -0.05) is 29.8 Å². The van der Waals surface area contributed by atoms with Gasteiger partial charge in [-0.05, 0) is 61.5 Å². The molecule has 1 fully saturated rings. The summed E-state index contributed by atoms with van der Waals surface area (Å²) in [6.07, 6.45) is 1.59. The van der Waals surface area contributed by atoms with Gasteiger partial charge in [0.15, 0.2) is 5.11 Å². The molecule has 1 amide bonds. The van der Waals surface area contributed by atoms with Crippen LogP contribution in [0.2, 0.25) is 5.02 Å². The predicted molar refractivity (Wildman–Crippen MR) is 107 cm³/mol. The third-order valence-electron chi connectivity index (χ3n) is 4.29. The van der Waals surface area contributed by atoms with E-state index in [-0.39, 0.29) is 11.8 Å². The molecule has 0 atom stereocenters. The van der Waals surface area contributed by atoms with Crippen LogP contribution in [0.15, 0.2) is 54.6 Å². The molecule has 130 valence electrons. The van der Waals surface area contributed by atoms with Gasteiger partial charge >= 0.3 is 0 Å². The van der Waals surface area contributed by atoms with Crippen LogP contribution in [-0.4, -0.2) is 29.0 Å². The van der Waals surface area contributed by atoms with Gasteiger partial charge in [-0.15, -0.1) is 0 Å². The highest BCUT2D eigenvalue weighted by molar-refractivity contribution is 7.80. The molecule has 0 spiro atoms. The number of amides is 1. The average molecular weight is 374 g/mol. The first kappa shape index (κ1) is 17.7. The van der Waals surface area contributed by atoms with Gasteiger partial charge in [0.25, 0.3) is 0 Å². The standard InChI is InChI=1S/C19H20ClN3OS/c20-15-6-8-17(9-7-15)22-19(25)23-12-10-14(11-13-23)18(24)21-16-4-2-1-3-5-16/h1-9,14H,10-13H2,(H,21,24)(H,22,25). The Morgan fingerprint density at radius 2 is 1.56 bits per heavy atom. The van der Waals surface area contributed by atoms with Gasteiger partial charge in [0.05, 0.1) is 0 Å². The number of rotatable bonds is 3. The second-order valence-corrected chi connectivity index (χ2v) is 6.88. The van der Waals surface area contributed by atoms with E-state index in [9.17, 15) is 4.79 Å². The van der Waals surface area contributed by atoms with Crippen molar-refractivity contribution in [2.24, 2.45) is 5.92 Å². The van der Waals surface area contributed by atoms with Gasteiger partial charge in [-0.3, -0.25) is 4.79 Å². The maximum absolute atomic E-state index is 12.4. The Hall–Kier alpha value is -2.11. The van der Waals surface area contributed by atoms with E-state index in [1.807, 2.05) is 54.6 Å². The Labute approximate surface area is 158 Å². The van der Waals surface area contributed by atoms with Crippen LogP contribution in [0.4, 0.5) is 11.4 Å². The zero-order valence-electron chi connectivity index (χ0n) is 13.7. The van der Waals surface area contributed by atoms with E-state index >= 15 is 0 Å². The summed E-state index contributed by atoms with van der Waals surface area (Å²) in [6.45, 7) is 1.54. The molecule has 1 heterocycles. The Kier molecular flexibility index (Phi) is 5.89. The van der Waals surface area contributed by atoms with E-state index in [2.05, 4.69) is 15.5 Å². The number of anilines is 2. The summed E-state index contributed by atoms with van der Waals surface area (Å²) in [7, 11) is 0. The van der Waals surface area contributed by atoms with Crippen LogP contribution in [0.5, 0.6) is 0 Å². The van der Waals surface area contributed by atoms with Crippen molar-refractivity contribution in [1.82, 2.24) is 4.90 Å². The Balaban J connectivity index is 1.48. The molecule has 0 radical (unpaired) electrons. The van der Waals surface area contributed by atoms with Crippen LogP contribution in [0, 0.1) is 5.92 Å². The molecule has 1 aliphatic rings. The highest BCUT2D eigenvalue weighted by atomic mass is 35.5. The Morgan fingerprint density at radius 3 is 2.20 bits per heavy atom. The molecule has 4 nitrogen and oxygen atoms in total. The first-order valence-corrected chi connectivity index (χ1v) is 9.08. The second-order valence-electron chi connectivity index (χ2n) is 6.05. The van der Waals surface area contributed by atoms with Crippen LogP contribution in [-0.2, 0) is 4.79 Å². The lowest BCUT2D eigenvalue weighted by Gasteiger charge is -2.33. The third-order valence-corrected chi connectivity index (χ3v) is 4.90. The third kappa shape index (κ3) is 4.94. The smallest absolute Gasteiger partial charge is 0.227 e. The van der Waals surface area contributed by atoms with Crippen molar-refractivity contribution >= 4 is 46.2 Å². The number of halogens is 1. The molecule has 3 rings (SSSR count). The lowest BCUT2D eigenvalue weighted by atomic mass is 9.96. The number of nitrogens with one attached hydrogen (secondary N) is 2. The van der Waals surface area contributed by atoms with Crippen molar-refractivity contribution in [2.45, 2.75) is 12.8 Å². The van der Waals surface area contributed by atoms with Crippen molar-refractivity contribution in [1.29, 1.82) is 0 Å². The lowest BCUT2D eigenvalue weighted by molar-refractivity contribution is -0.120. The molecule has 0 aromatic heterocycles. The molecule has 2 N–H and O–H groups in total. The molecule has 6 heteroatoms. The predicted octanol–water partition coefficient (Wildman–Crippen LogP) is 4.39. The molecule has 0 aliphatic carbocycles. The first-order valence-electron chi connectivity index (χ1n) is 8.29. The second kappa shape index (κ2) is 8.32. The number of piperidine rings is 1. The molecule has 1 saturated heterocycles. The number of carbonyl (C=O) groups excluding carboxylic acids is 1. The topological polar surface area (TPSA) is 44.4 Å². The van der Waals surface area contributed by atoms with Gasteiger partial charge in [-0.2, -0.15) is 0 Å². The highest BCUT2D eigenvalue weighted by Crippen LogP contribution is 2.21. The summed E-state index contributed by atoms with van der Waals surface area (Å²) in [4.78, 5) is 14.5. The normalized spacial score (nSPS) is 14.8. The molecule has 1 aliphatic heterocycles. The summed E-state index contributed by atoms with van der Waals surface area (Å²) in [5.74, 6) is 0.109. The minimum absolute atomic E-state index is 0.0230. The number of nitrogens with zero attached hydrogens (tertiary/aromatic N) is 1. The van der Waals surface area contributed by atoms with E-state index in [4.69, 9.17) is 23.8 Å². The van der Waals surface area contributed by atoms with Gasteiger partial charge in [0.1, 0.15) is 0 Å². The van der Waals surface area contributed by atoms with E-state index < -0.39 is 0 Å². The fourth-order valence-corrected chi connectivity index (χ4v) is 3.27. The monoisotopic (exact) mass is 373 g/mol. The van der Waals surface area contributed by atoms with Gasteiger partial charge in [-0.25, -0.2) is 0 Å². The molecule has 2 aromatic carbocycles. The van der Waals surface area contributed by atoms with Crippen molar-refractivity contribution < 1.29 is 4.79 Å². The Morgan fingerprint density at radius 1 is 0.960 bits per heavy atom. The maximum atomic E-state index is 12.4. The SMILES string of the molecule is O=C(Nc1ccccc1)C1CCN(C(=S)Nc2ccc(Cl)cc2)CC1. The highest BCUT2D eigenvalue weighted by Gasteiger charge is 2.26. The van der Waals surface area contributed by atoms with E-state index in [0.717, 1.165) is 37.3 Å². The first-order chi connectivity index (χ1) is 12.1. The minimum Gasteiger partial charge on any atom is -0.349 e. The zero-order valence-corrected chi connectivity index (χ0v) is 15.3. The van der Waals surface area contributed by atoms with Crippen molar-refractivity contribution in [3.05, 3.63) is 59.6 Å². The fraction of sp³-hybridized carbons (Fsp3) is 0.263. The van der Waals surface area contributed by atoms with Gasteiger partial charge in [0, 0.05) is 35.4 Å². The quantitative estimate of drug-likeness (QED) is 0.783. The fourth-order valence-electron chi connectivity index (χ4n) is 2.85. The lowest BCUT2D eigenvalue weighted by Crippen LogP contribution is -2.43. The number of likely N-dealkylation sites (tertiary alicyclic amines) is 1. The van der Waals surface area contributed by atoms with Crippen LogP contribution >= 0.6 is 23.8 Å². The van der Waals surface area contributed by atoms with Crippen LogP contribution in [0.3, 0.4) is 0 Å². The van der Waals surface area contributed by atoms with Crippen molar-refractivity contribution in [3.63, 3.8) is 0 Å². The Bertz CT molecular complexity index is 728. The summed E-state index contributed by atoms with van der Waals surface area (Å²) in [5, 5.41) is 7.58. The number of para-hydroxylation sites is 1. The number of hydrogen-bond donors (Lipinski definition) is 2. The molecular formula is C19H20ClN3OS. The van der Waals surface area contributed by atoms with Crippen LogP contribution < -0.4 is 10.6 Å². The van der Waals surface area contributed by atoms with Crippen molar-refractivity contribution in [2.75, 3.05) is 23.7 Å².